The molecular weight excluding hydrogens is 464 g/mol. The van der Waals surface area contributed by atoms with Gasteiger partial charge in [-0.25, -0.2) is 0 Å². The van der Waals surface area contributed by atoms with Crippen molar-refractivity contribution < 1.29 is 19.4 Å². The summed E-state index contributed by atoms with van der Waals surface area (Å²) in [6, 6.07) is 11.7. The van der Waals surface area contributed by atoms with Crippen LogP contribution in [0.3, 0.4) is 0 Å². The Kier molecular flexibility index (Phi) is 5.63. The smallest absolute Gasteiger partial charge is 0.298 e. The number of carbonyl (C=O) groups is 1. The number of rotatable bonds is 4. The molecule has 1 amide bonds. The fourth-order valence-corrected chi connectivity index (χ4v) is 7.62. The molecule has 6 rings (SSSR count). The first-order chi connectivity index (χ1) is 17.8. The monoisotopic (exact) mass is 498 g/mol. The zero-order valence-electron chi connectivity index (χ0n) is 21.8. The van der Waals surface area contributed by atoms with E-state index in [9.17, 15) is 9.90 Å². The van der Waals surface area contributed by atoms with Crippen LogP contribution in [0.15, 0.2) is 49.1 Å². The minimum absolute atomic E-state index is 0.0275. The maximum Gasteiger partial charge on any atom is 0.298 e. The predicted molar refractivity (Wildman–Crippen MR) is 142 cm³/mol. The van der Waals surface area contributed by atoms with E-state index in [1.807, 2.05) is 50.4 Å². The second-order valence-corrected chi connectivity index (χ2v) is 11.0. The molecule has 37 heavy (non-hydrogen) atoms. The number of likely N-dealkylation sites (N-methyl/N-ethyl adjacent to an activating group) is 1. The van der Waals surface area contributed by atoms with E-state index in [2.05, 4.69) is 29.4 Å². The molecule has 1 spiro atoms. The summed E-state index contributed by atoms with van der Waals surface area (Å²) in [4.78, 5) is 17.4. The summed E-state index contributed by atoms with van der Waals surface area (Å²) in [6.45, 7) is 7.55. The van der Waals surface area contributed by atoms with Crippen molar-refractivity contribution in [2.45, 2.75) is 61.8 Å². The number of hydrogen-bond acceptors (Lipinski definition) is 5. The zero-order valence-corrected chi connectivity index (χ0v) is 21.8. The molecule has 1 N–H and O–H groups in total. The molecule has 2 bridgehead atoms. The van der Waals surface area contributed by atoms with Gasteiger partial charge < -0.3 is 19.5 Å². The number of aliphatic hydroxyl groups is 1. The SMILES string of the molecule is C=CCN1CC[C@]23c4c5ccc(OC)c4O[C@H]2[C@@H](N(C)C(=O)C#Cc2cccc(C)c2)CC[C@@]3(O)[C@H]1C5. The molecule has 192 valence electrons. The lowest BCUT2D eigenvalue weighted by molar-refractivity contribution is -0.197. The second kappa shape index (κ2) is 8.65. The van der Waals surface area contributed by atoms with Crippen LogP contribution in [-0.2, 0) is 16.6 Å². The van der Waals surface area contributed by atoms with E-state index in [1.54, 1.807) is 12.0 Å². The normalized spacial score (nSPS) is 30.9. The fourth-order valence-electron chi connectivity index (χ4n) is 7.62. The summed E-state index contributed by atoms with van der Waals surface area (Å²) in [7, 11) is 3.47. The van der Waals surface area contributed by atoms with Crippen molar-refractivity contribution in [2.24, 2.45) is 0 Å². The molecule has 0 aromatic heterocycles. The van der Waals surface area contributed by atoms with Gasteiger partial charge in [0.15, 0.2) is 11.5 Å². The largest absolute Gasteiger partial charge is 0.493 e. The van der Waals surface area contributed by atoms with Gasteiger partial charge >= 0.3 is 0 Å². The Bertz CT molecular complexity index is 1340. The highest BCUT2D eigenvalue weighted by Gasteiger charge is 2.73. The van der Waals surface area contributed by atoms with Crippen molar-refractivity contribution in [3.63, 3.8) is 0 Å². The molecule has 4 aliphatic rings. The third kappa shape index (κ3) is 3.30. The molecule has 5 atom stereocenters. The van der Waals surface area contributed by atoms with Crippen LogP contribution in [0.1, 0.15) is 41.5 Å². The lowest BCUT2D eigenvalue weighted by Crippen LogP contribution is -2.78. The highest BCUT2D eigenvalue weighted by molar-refractivity contribution is 5.94. The third-order valence-electron chi connectivity index (χ3n) is 9.26. The van der Waals surface area contributed by atoms with Gasteiger partial charge in [-0.05, 0) is 68.5 Å². The van der Waals surface area contributed by atoms with Gasteiger partial charge in [0.25, 0.3) is 5.91 Å². The van der Waals surface area contributed by atoms with Crippen LogP contribution >= 0.6 is 0 Å². The minimum atomic E-state index is -0.961. The molecular formula is C31H34N2O4. The van der Waals surface area contributed by atoms with E-state index in [-0.39, 0.29) is 24.1 Å². The van der Waals surface area contributed by atoms with E-state index < -0.39 is 11.0 Å². The highest BCUT2D eigenvalue weighted by Crippen LogP contribution is 2.65. The Labute approximate surface area is 218 Å². The second-order valence-electron chi connectivity index (χ2n) is 11.0. The van der Waals surface area contributed by atoms with Gasteiger partial charge in [0, 0.05) is 36.7 Å². The van der Waals surface area contributed by atoms with E-state index in [4.69, 9.17) is 9.47 Å². The van der Waals surface area contributed by atoms with Crippen LogP contribution < -0.4 is 9.47 Å². The molecule has 2 fully saturated rings. The number of carbonyl (C=O) groups excluding carboxylic acids is 1. The molecule has 6 nitrogen and oxygen atoms in total. The lowest BCUT2D eigenvalue weighted by atomic mass is 9.48. The van der Waals surface area contributed by atoms with Crippen LogP contribution in [0.25, 0.3) is 0 Å². The number of aryl methyl sites for hydroxylation is 1. The number of hydrogen-bond donors (Lipinski definition) is 1. The van der Waals surface area contributed by atoms with Crippen molar-refractivity contribution in [2.75, 3.05) is 27.2 Å². The highest BCUT2D eigenvalue weighted by atomic mass is 16.5. The Hall–Kier alpha value is -3.27. The van der Waals surface area contributed by atoms with Gasteiger partial charge in [-0.3, -0.25) is 9.69 Å². The number of benzene rings is 2. The first-order valence-electron chi connectivity index (χ1n) is 13.1. The van der Waals surface area contributed by atoms with Crippen LogP contribution in [0, 0.1) is 18.8 Å². The van der Waals surface area contributed by atoms with Crippen LogP contribution in [0.2, 0.25) is 0 Å². The zero-order chi connectivity index (χ0) is 25.9. The molecule has 2 aliphatic heterocycles. The topological polar surface area (TPSA) is 62.2 Å². The quantitative estimate of drug-likeness (QED) is 0.518. The minimum Gasteiger partial charge on any atom is -0.493 e. The summed E-state index contributed by atoms with van der Waals surface area (Å²) >= 11 is 0. The lowest BCUT2D eigenvalue weighted by Gasteiger charge is -2.64. The number of nitrogens with zero attached hydrogens (tertiary/aromatic N) is 2. The number of amides is 1. The third-order valence-corrected chi connectivity index (χ3v) is 9.26. The predicted octanol–water partition coefficient (Wildman–Crippen LogP) is 3.22. The molecule has 6 heteroatoms. The summed E-state index contributed by atoms with van der Waals surface area (Å²) in [5.41, 5.74) is 2.66. The van der Waals surface area contributed by atoms with Crippen molar-refractivity contribution in [3.8, 4) is 23.3 Å². The Balaban J connectivity index is 1.41. The summed E-state index contributed by atoms with van der Waals surface area (Å²) in [5, 5.41) is 12.6. The van der Waals surface area contributed by atoms with Gasteiger partial charge in [0.05, 0.1) is 24.2 Å². The Morgan fingerprint density at radius 1 is 1.35 bits per heavy atom. The molecule has 1 saturated carbocycles. The van der Waals surface area contributed by atoms with Crippen LogP contribution in [-0.4, -0.2) is 71.8 Å². The van der Waals surface area contributed by atoms with Crippen molar-refractivity contribution in [3.05, 3.63) is 71.3 Å². The van der Waals surface area contributed by atoms with Gasteiger partial charge in [-0.2, -0.15) is 0 Å². The standard InChI is InChI=1S/C31H34N2O4/c1-5-16-33-17-15-30-27-22-10-11-24(36-4)28(27)37-29(30)23(13-14-31(30,35)25(33)19-22)32(3)26(34)12-9-21-8-6-7-20(2)18-21/h5-8,10-11,18,23,25,29,35H,1,13-17,19H2,2-4H3/t23-,25+,29-,30-,31+/m0/s1. The first-order valence-corrected chi connectivity index (χ1v) is 13.1. The van der Waals surface area contributed by atoms with Gasteiger partial charge in [0.2, 0.25) is 0 Å². The Morgan fingerprint density at radius 2 is 2.19 bits per heavy atom. The Morgan fingerprint density at radius 3 is 2.95 bits per heavy atom. The van der Waals surface area contributed by atoms with Gasteiger partial charge in [0.1, 0.15) is 6.10 Å². The van der Waals surface area contributed by atoms with Gasteiger partial charge in [-0.15, -0.1) is 6.58 Å². The maximum absolute atomic E-state index is 13.3. The fraction of sp³-hybridized carbons (Fsp3) is 0.452. The number of likely N-dealkylation sites (tertiary alicyclic amines) is 1. The molecule has 2 aromatic carbocycles. The first kappa shape index (κ1) is 24.1. The van der Waals surface area contributed by atoms with Crippen molar-refractivity contribution >= 4 is 5.91 Å². The van der Waals surface area contributed by atoms with E-state index in [0.29, 0.717) is 18.6 Å². The molecule has 2 aromatic rings. The summed E-state index contributed by atoms with van der Waals surface area (Å²) in [6.07, 6.45) is 4.29. The van der Waals surface area contributed by atoms with Gasteiger partial charge in [-0.1, -0.05) is 30.2 Å². The molecule has 2 aliphatic carbocycles. The van der Waals surface area contributed by atoms with Crippen molar-refractivity contribution in [1.29, 1.82) is 0 Å². The molecule has 2 heterocycles. The van der Waals surface area contributed by atoms with Crippen molar-refractivity contribution in [1.82, 2.24) is 9.80 Å². The van der Waals surface area contributed by atoms with E-state index >= 15 is 0 Å². The van der Waals surface area contributed by atoms with E-state index in [1.165, 1.54) is 5.56 Å². The maximum atomic E-state index is 13.3. The molecule has 1 saturated heterocycles. The van der Waals surface area contributed by atoms with Crippen LogP contribution in [0.4, 0.5) is 0 Å². The molecule has 0 unspecified atom stereocenters. The number of methoxy groups -OCH3 is 1. The number of piperidine rings is 1. The summed E-state index contributed by atoms with van der Waals surface area (Å²) in [5.74, 6) is 7.05. The van der Waals surface area contributed by atoms with Crippen LogP contribution in [0.5, 0.6) is 11.5 Å². The molecule has 0 radical (unpaired) electrons. The average Bonchev–Trinajstić information content (AvgIpc) is 3.24. The number of ether oxygens (including phenoxy) is 2. The summed E-state index contributed by atoms with van der Waals surface area (Å²) < 4.78 is 12.5. The van der Waals surface area contributed by atoms with E-state index in [0.717, 1.165) is 48.4 Å². The average molecular weight is 499 g/mol.